The normalized spacial score (nSPS) is 12.2. The van der Waals surface area contributed by atoms with Crippen LogP contribution in [-0.4, -0.2) is 53.4 Å². The first-order valence-corrected chi connectivity index (χ1v) is 13.0. The summed E-state index contributed by atoms with van der Waals surface area (Å²) in [5, 5.41) is 0. The first-order chi connectivity index (χ1) is 18.3. The van der Waals surface area contributed by atoms with Crippen LogP contribution in [-0.2, 0) is 0 Å². The molecule has 1 heterocycles. The second kappa shape index (κ2) is 10.3. The largest absolute Gasteiger partial charge is 0.373 e. The summed E-state index contributed by atoms with van der Waals surface area (Å²) >= 11 is 0. The molecule has 0 saturated carbocycles. The Balaban J connectivity index is 1.50. The van der Waals surface area contributed by atoms with Crippen LogP contribution in [0, 0.1) is 5.82 Å². The number of carbonyl (C=O) groups excluding carboxylic acids is 1. The van der Waals surface area contributed by atoms with E-state index in [0.29, 0.717) is 34.1 Å². The lowest BCUT2D eigenvalue weighted by atomic mass is 9.96. The van der Waals surface area contributed by atoms with Gasteiger partial charge in [-0.3, -0.25) is 9.69 Å². The molecule has 0 atom stereocenters. The molecule has 0 spiro atoms. The zero-order chi connectivity index (χ0) is 27.0. The molecule has 0 unspecified atom stereocenters. The first-order valence-electron chi connectivity index (χ1n) is 13.0. The van der Waals surface area contributed by atoms with Gasteiger partial charge in [0.1, 0.15) is 5.82 Å². The van der Waals surface area contributed by atoms with Gasteiger partial charge in [-0.05, 0) is 67.9 Å². The van der Waals surface area contributed by atoms with Crippen LogP contribution >= 0.6 is 0 Å². The smallest absolute Gasteiger partial charge is 0.221 e. The summed E-state index contributed by atoms with van der Waals surface area (Å²) in [4.78, 5) is 27.2. The number of anilines is 2. The molecule has 7 heteroatoms. The van der Waals surface area contributed by atoms with Crippen molar-refractivity contribution in [1.82, 2.24) is 14.9 Å². The fourth-order valence-corrected chi connectivity index (χ4v) is 5.15. The van der Waals surface area contributed by atoms with E-state index in [0.717, 1.165) is 42.0 Å². The number of carbonyl (C=O) groups is 1. The molecule has 4 aromatic rings. The van der Waals surface area contributed by atoms with E-state index in [-0.39, 0.29) is 17.5 Å². The van der Waals surface area contributed by atoms with Crippen LogP contribution in [0.2, 0.25) is 0 Å². The maximum atomic E-state index is 13.6. The summed E-state index contributed by atoms with van der Waals surface area (Å²) in [5.41, 5.74) is 12.4. The number of nitrogens with zero attached hydrogens (tertiary/aromatic N) is 4. The highest BCUT2D eigenvalue weighted by molar-refractivity contribution is 6.25. The van der Waals surface area contributed by atoms with E-state index >= 15 is 0 Å². The fourth-order valence-electron chi connectivity index (χ4n) is 5.15. The zero-order valence-corrected chi connectivity index (χ0v) is 22.2. The molecule has 5 rings (SSSR count). The average Bonchev–Trinajstić information content (AvgIpc) is 3.20. The van der Waals surface area contributed by atoms with Crippen LogP contribution < -0.4 is 10.6 Å². The van der Waals surface area contributed by atoms with Gasteiger partial charge in [0.25, 0.3) is 0 Å². The lowest BCUT2D eigenvalue weighted by molar-refractivity contribution is 0.104. The number of aromatic nitrogens is 2. The molecule has 1 aromatic heterocycles. The minimum atomic E-state index is -0.360. The van der Waals surface area contributed by atoms with Crippen LogP contribution in [0.15, 0.2) is 66.7 Å². The molecule has 194 valence electrons. The van der Waals surface area contributed by atoms with Crippen molar-refractivity contribution in [1.29, 1.82) is 0 Å². The van der Waals surface area contributed by atoms with Gasteiger partial charge >= 0.3 is 0 Å². The highest BCUT2D eigenvalue weighted by atomic mass is 19.1. The van der Waals surface area contributed by atoms with E-state index in [4.69, 9.17) is 5.73 Å². The molecule has 1 aliphatic rings. The number of fused-ring (bicyclic) bond motifs is 3. The standard InChI is InChI=1S/C31H32FN5O/c1-5-37(19(2)3)18-17-36(4)23-15-11-20(12-16-23)24-7-6-8-25-26(24)29-27(30(25)38)28(34-31(33)35-29)21-9-13-22(32)14-10-21/h6-16,19H,5,17-18H2,1-4H3,(H2,33,34,35). The lowest BCUT2D eigenvalue weighted by Crippen LogP contribution is -2.37. The fraction of sp³-hybridized carbons (Fsp3) is 0.258. The van der Waals surface area contributed by atoms with Crippen molar-refractivity contribution in [3.8, 4) is 33.6 Å². The van der Waals surface area contributed by atoms with Crippen molar-refractivity contribution in [2.45, 2.75) is 26.8 Å². The van der Waals surface area contributed by atoms with Crippen LogP contribution in [0.25, 0.3) is 33.6 Å². The zero-order valence-electron chi connectivity index (χ0n) is 22.2. The summed E-state index contributed by atoms with van der Waals surface area (Å²) < 4.78 is 13.6. The molecular formula is C31H32FN5O. The Labute approximate surface area is 223 Å². The van der Waals surface area contributed by atoms with Crippen LogP contribution in [0.3, 0.4) is 0 Å². The van der Waals surface area contributed by atoms with E-state index in [9.17, 15) is 9.18 Å². The third-order valence-electron chi connectivity index (χ3n) is 7.30. The molecule has 1 aliphatic carbocycles. The lowest BCUT2D eigenvalue weighted by Gasteiger charge is -2.28. The van der Waals surface area contributed by atoms with Crippen LogP contribution in [0.4, 0.5) is 16.0 Å². The molecule has 6 nitrogen and oxygen atoms in total. The van der Waals surface area contributed by atoms with Crippen LogP contribution in [0.1, 0.15) is 36.7 Å². The number of nitrogen functional groups attached to an aromatic ring is 1. The van der Waals surface area contributed by atoms with E-state index in [1.165, 1.54) is 12.1 Å². The SMILES string of the molecule is CCN(CCN(C)c1ccc(-c2cccc3c2-c2nc(N)nc(-c4ccc(F)cc4)c2C3=O)cc1)C(C)C. The number of benzene rings is 3. The van der Waals surface area contributed by atoms with E-state index in [2.05, 4.69) is 71.9 Å². The summed E-state index contributed by atoms with van der Waals surface area (Å²) in [6.07, 6.45) is 0. The quantitative estimate of drug-likeness (QED) is 0.280. The van der Waals surface area contributed by atoms with Crippen molar-refractivity contribution in [3.05, 3.63) is 83.7 Å². The molecule has 2 N–H and O–H groups in total. The number of hydrogen-bond acceptors (Lipinski definition) is 6. The molecule has 38 heavy (non-hydrogen) atoms. The van der Waals surface area contributed by atoms with Gasteiger partial charge < -0.3 is 10.6 Å². The Morgan fingerprint density at radius 3 is 2.13 bits per heavy atom. The van der Waals surface area contributed by atoms with Crippen molar-refractivity contribution in [3.63, 3.8) is 0 Å². The molecule has 0 amide bonds. The average molecular weight is 510 g/mol. The van der Waals surface area contributed by atoms with Crippen molar-refractivity contribution < 1.29 is 9.18 Å². The first kappa shape index (κ1) is 25.5. The molecule has 0 fully saturated rings. The minimum Gasteiger partial charge on any atom is -0.373 e. The van der Waals surface area contributed by atoms with Gasteiger partial charge in [0.15, 0.2) is 5.78 Å². The second-order valence-corrected chi connectivity index (χ2v) is 9.91. The second-order valence-electron chi connectivity index (χ2n) is 9.91. The molecule has 0 bridgehead atoms. The van der Waals surface area contributed by atoms with Gasteiger partial charge in [-0.25, -0.2) is 14.4 Å². The van der Waals surface area contributed by atoms with Gasteiger partial charge in [0.05, 0.1) is 17.0 Å². The number of hydrogen-bond donors (Lipinski definition) is 1. The maximum absolute atomic E-state index is 13.6. The van der Waals surface area contributed by atoms with Crippen molar-refractivity contribution in [2.75, 3.05) is 37.3 Å². The number of likely N-dealkylation sites (N-methyl/N-ethyl adjacent to an activating group) is 2. The number of ketones is 1. The third kappa shape index (κ3) is 4.65. The number of nitrogens with two attached hydrogens (primary N) is 1. The summed E-state index contributed by atoms with van der Waals surface area (Å²) in [6.45, 7) is 9.59. The van der Waals surface area contributed by atoms with Gasteiger partial charge in [0.2, 0.25) is 5.95 Å². The third-order valence-corrected chi connectivity index (χ3v) is 7.30. The van der Waals surface area contributed by atoms with Gasteiger partial charge in [0, 0.05) is 48.6 Å². The van der Waals surface area contributed by atoms with E-state index in [1.807, 2.05) is 18.2 Å². The Morgan fingerprint density at radius 1 is 0.842 bits per heavy atom. The predicted octanol–water partition coefficient (Wildman–Crippen LogP) is 5.91. The number of halogens is 1. The van der Waals surface area contributed by atoms with Gasteiger partial charge in [-0.2, -0.15) is 0 Å². The molecule has 0 radical (unpaired) electrons. The van der Waals surface area contributed by atoms with Crippen molar-refractivity contribution in [2.24, 2.45) is 0 Å². The number of rotatable bonds is 8. The van der Waals surface area contributed by atoms with Crippen LogP contribution in [0.5, 0.6) is 0 Å². The molecule has 3 aromatic carbocycles. The highest BCUT2D eigenvalue weighted by Crippen LogP contribution is 2.45. The Bertz CT molecular complexity index is 1480. The van der Waals surface area contributed by atoms with Gasteiger partial charge in [-0.15, -0.1) is 0 Å². The molecule has 0 aliphatic heterocycles. The Kier molecular flexibility index (Phi) is 6.95. The molecule has 0 saturated heterocycles. The summed E-state index contributed by atoms with van der Waals surface area (Å²) in [5.74, 6) is -0.447. The topological polar surface area (TPSA) is 75.3 Å². The highest BCUT2D eigenvalue weighted by Gasteiger charge is 2.34. The van der Waals surface area contributed by atoms with Gasteiger partial charge in [-0.1, -0.05) is 37.3 Å². The molecular weight excluding hydrogens is 477 g/mol. The van der Waals surface area contributed by atoms with E-state index < -0.39 is 0 Å². The van der Waals surface area contributed by atoms with Crippen molar-refractivity contribution >= 4 is 17.4 Å². The monoisotopic (exact) mass is 509 g/mol. The summed E-state index contributed by atoms with van der Waals surface area (Å²) in [6, 6.07) is 20.5. The van der Waals surface area contributed by atoms with E-state index in [1.54, 1.807) is 12.1 Å². The Hall–Kier alpha value is -4.10. The maximum Gasteiger partial charge on any atom is 0.221 e. The summed E-state index contributed by atoms with van der Waals surface area (Å²) in [7, 11) is 2.11. The minimum absolute atomic E-state index is 0.0676. The predicted molar refractivity (Wildman–Crippen MR) is 152 cm³/mol. The Morgan fingerprint density at radius 2 is 1.47 bits per heavy atom.